The summed E-state index contributed by atoms with van der Waals surface area (Å²) in [5.41, 5.74) is -0.115. The fourth-order valence-corrected chi connectivity index (χ4v) is 3.83. The number of aromatic nitrogens is 2. The lowest BCUT2D eigenvalue weighted by atomic mass is 9.58. The molecule has 1 aliphatic carbocycles. The quantitative estimate of drug-likeness (QED) is 0.637. The molecule has 0 spiro atoms. The Balaban J connectivity index is 2.26. The Morgan fingerprint density at radius 1 is 1.52 bits per heavy atom. The first kappa shape index (κ1) is 17.4. The van der Waals surface area contributed by atoms with Crippen LogP contribution in [0.3, 0.4) is 0 Å². The fraction of sp³-hybridized carbons (Fsp3) is 0.733. The monoisotopic (exact) mass is 324 g/mol. The molecule has 1 aliphatic rings. The van der Waals surface area contributed by atoms with Gasteiger partial charge in [0.2, 0.25) is 5.69 Å². The Kier molecular flexibility index (Phi) is 4.74. The molecule has 1 aromatic rings. The highest BCUT2D eigenvalue weighted by Gasteiger charge is 2.54. The molecular weight excluding hydrogens is 300 g/mol. The number of nitrogens with zero attached hydrogens (tertiary/aromatic N) is 3. The molecule has 8 heteroatoms. The van der Waals surface area contributed by atoms with Gasteiger partial charge in [-0.3, -0.25) is 19.6 Å². The summed E-state index contributed by atoms with van der Waals surface area (Å²) in [4.78, 5) is 23.3. The van der Waals surface area contributed by atoms with E-state index in [0.717, 1.165) is 12.8 Å². The molecule has 0 aliphatic heterocycles. The van der Waals surface area contributed by atoms with Crippen LogP contribution in [-0.2, 0) is 11.8 Å². The lowest BCUT2D eigenvalue weighted by Gasteiger charge is -2.55. The maximum absolute atomic E-state index is 12.6. The molecule has 2 atom stereocenters. The summed E-state index contributed by atoms with van der Waals surface area (Å²) in [6, 6.07) is -0.0511. The van der Waals surface area contributed by atoms with Gasteiger partial charge in [-0.25, -0.2) is 0 Å². The predicted molar refractivity (Wildman–Crippen MR) is 84.3 cm³/mol. The molecule has 0 saturated heterocycles. The molecule has 0 bridgehead atoms. The Hall–Kier alpha value is -1.96. The van der Waals surface area contributed by atoms with Crippen LogP contribution >= 0.6 is 0 Å². The lowest BCUT2D eigenvalue weighted by Crippen LogP contribution is -2.64. The first-order valence-electron chi connectivity index (χ1n) is 7.84. The second-order valence-electron chi connectivity index (χ2n) is 6.09. The van der Waals surface area contributed by atoms with E-state index in [9.17, 15) is 14.9 Å². The zero-order chi connectivity index (χ0) is 17.4. The number of carbonyl (C=O) groups is 1. The van der Waals surface area contributed by atoms with Crippen LogP contribution < -0.4 is 5.32 Å². The molecule has 2 rings (SSSR count). The second kappa shape index (κ2) is 6.27. The van der Waals surface area contributed by atoms with Crippen LogP contribution in [0.4, 0.5) is 5.69 Å². The average Bonchev–Trinajstić information content (AvgIpc) is 2.79. The zero-order valence-corrected chi connectivity index (χ0v) is 14.3. The number of ether oxygens (including phenoxy) is 1. The number of carbonyl (C=O) groups excluding carboxylic acids is 1. The summed E-state index contributed by atoms with van der Waals surface area (Å²) in [6.45, 7) is 5.68. The smallest absolute Gasteiger partial charge is 0.322 e. The highest BCUT2D eigenvalue weighted by atomic mass is 16.6. The minimum absolute atomic E-state index is 0.00512. The standard InChI is InChI=1S/C15H24N4O4/c1-6-15(7-2)10(8-11(15)23-5)16-14(20)13-12(19(21)22)9(3)17-18(13)4/h10-11H,6-8H2,1-5H3,(H,16,20)/t10-,11-/m0/s1. The van der Waals surface area contributed by atoms with Crippen molar-refractivity contribution in [1.82, 2.24) is 15.1 Å². The molecular formula is C15H24N4O4. The van der Waals surface area contributed by atoms with E-state index >= 15 is 0 Å². The predicted octanol–water partition coefficient (Wildman–Crippen LogP) is 1.96. The number of rotatable bonds is 6. The van der Waals surface area contributed by atoms with Crippen molar-refractivity contribution < 1.29 is 14.5 Å². The van der Waals surface area contributed by atoms with Gasteiger partial charge in [-0.2, -0.15) is 5.10 Å². The summed E-state index contributed by atoms with van der Waals surface area (Å²) in [7, 11) is 3.22. The topological polar surface area (TPSA) is 99.3 Å². The number of methoxy groups -OCH3 is 1. The molecule has 1 amide bonds. The summed E-state index contributed by atoms with van der Waals surface area (Å²) in [6.07, 6.45) is 2.57. The van der Waals surface area contributed by atoms with Crippen molar-refractivity contribution >= 4 is 11.6 Å². The largest absolute Gasteiger partial charge is 0.381 e. The third kappa shape index (κ3) is 2.60. The number of nitro groups is 1. The van der Waals surface area contributed by atoms with Crippen molar-refractivity contribution in [3.8, 4) is 0 Å². The third-order valence-electron chi connectivity index (χ3n) is 5.28. The van der Waals surface area contributed by atoms with Crippen molar-refractivity contribution in [3.63, 3.8) is 0 Å². The van der Waals surface area contributed by atoms with Crippen LogP contribution in [0.15, 0.2) is 0 Å². The lowest BCUT2D eigenvalue weighted by molar-refractivity contribution is -0.385. The third-order valence-corrected chi connectivity index (χ3v) is 5.28. The van der Waals surface area contributed by atoms with Crippen molar-refractivity contribution in [1.29, 1.82) is 0 Å². The molecule has 1 heterocycles. The van der Waals surface area contributed by atoms with E-state index in [4.69, 9.17) is 4.74 Å². The van der Waals surface area contributed by atoms with Crippen LogP contribution in [-0.4, -0.2) is 39.9 Å². The van der Waals surface area contributed by atoms with Crippen LogP contribution in [0, 0.1) is 22.5 Å². The number of nitrogens with one attached hydrogen (secondary N) is 1. The molecule has 128 valence electrons. The minimum atomic E-state index is -0.553. The van der Waals surface area contributed by atoms with Gasteiger partial charge >= 0.3 is 5.69 Å². The molecule has 1 fully saturated rings. The Morgan fingerprint density at radius 3 is 2.61 bits per heavy atom. The van der Waals surface area contributed by atoms with Crippen LogP contribution in [0.2, 0.25) is 0 Å². The maximum atomic E-state index is 12.6. The summed E-state index contributed by atoms with van der Waals surface area (Å²) < 4.78 is 6.79. The van der Waals surface area contributed by atoms with Crippen molar-refractivity contribution in [2.45, 2.75) is 52.2 Å². The van der Waals surface area contributed by atoms with Crippen LogP contribution in [0.1, 0.15) is 49.3 Å². The van der Waals surface area contributed by atoms with E-state index in [-0.39, 0.29) is 34.6 Å². The van der Waals surface area contributed by atoms with E-state index in [1.54, 1.807) is 14.2 Å². The van der Waals surface area contributed by atoms with Crippen molar-refractivity contribution in [2.75, 3.05) is 7.11 Å². The normalized spacial score (nSPS) is 22.5. The molecule has 1 N–H and O–H groups in total. The van der Waals surface area contributed by atoms with Gasteiger partial charge in [0.1, 0.15) is 5.69 Å². The van der Waals surface area contributed by atoms with Crippen molar-refractivity contribution in [2.24, 2.45) is 12.5 Å². The summed E-state index contributed by atoms with van der Waals surface area (Å²) >= 11 is 0. The number of amides is 1. The SMILES string of the molecule is CCC1(CC)[C@@H](NC(=O)c2c([N+](=O)[O-])c(C)nn2C)C[C@@H]1OC. The van der Waals surface area contributed by atoms with E-state index in [2.05, 4.69) is 24.3 Å². The van der Waals surface area contributed by atoms with E-state index in [1.165, 1.54) is 11.6 Å². The van der Waals surface area contributed by atoms with Gasteiger partial charge in [-0.1, -0.05) is 13.8 Å². The van der Waals surface area contributed by atoms with Gasteiger partial charge in [0.05, 0.1) is 11.0 Å². The Labute approximate surface area is 135 Å². The van der Waals surface area contributed by atoms with Gasteiger partial charge in [-0.05, 0) is 26.2 Å². The second-order valence-corrected chi connectivity index (χ2v) is 6.09. The summed E-state index contributed by atoms with van der Waals surface area (Å²) in [5.74, 6) is -0.453. The molecule has 1 saturated carbocycles. The van der Waals surface area contributed by atoms with Gasteiger partial charge in [-0.15, -0.1) is 0 Å². The highest BCUT2D eigenvalue weighted by Crippen LogP contribution is 2.48. The molecule has 1 aromatic heterocycles. The zero-order valence-electron chi connectivity index (χ0n) is 14.3. The Morgan fingerprint density at radius 2 is 2.13 bits per heavy atom. The molecule has 23 heavy (non-hydrogen) atoms. The summed E-state index contributed by atoms with van der Waals surface area (Å²) in [5, 5.41) is 18.2. The van der Waals surface area contributed by atoms with Gasteiger partial charge in [0, 0.05) is 25.6 Å². The minimum Gasteiger partial charge on any atom is -0.381 e. The first-order chi connectivity index (χ1) is 10.8. The van der Waals surface area contributed by atoms with Gasteiger partial charge < -0.3 is 10.1 Å². The van der Waals surface area contributed by atoms with Crippen LogP contribution in [0.5, 0.6) is 0 Å². The molecule has 0 unspecified atom stereocenters. The van der Waals surface area contributed by atoms with Crippen LogP contribution in [0.25, 0.3) is 0 Å². The fourth-order valence-electron chi connectivity index (χ4n) is 3.83. The highest BCUT2D eigenvalue weighted by molar-refractivity contribution is 5.97. The number of aryl methyl sites for hydroxylation is 2. The van der Waals surface area contributed by atoms with E-state index in [1.807, 2.05) is 0 Å². The number of hydrogen-bond acceptors (Lipinski definition) is 5. The molecule has 0 radical (unpaired) electrons. The number of hydrogen-bond donors (Lipinski definition) is 1. The van der Waals surface area contributed by atoms with E-state index in [0.29, 0.717) is 6.42 Å². The van der Waals surface area contributed by atoms with Gasteiger partial charge in [0.15, 0.2) is 0 Å². The van der Waals surface area contributed by atoms with Gasteiger partial charge in [0.25, 0.3) is 5.91 Å². The Bertz CT molecular complexity index is 621. The molecule has 0 aromatic carbocycles. The maximum Gasteiger partial charge on any atom is 0.322 e. The first-order valence-corrected chi connectivity index (χ1v) is 7.84. The van der Waals surface area contributed by atoms with E-state index < -0.39 is 10.8 Å². The van der Waals surface area contributed by atoms with Crippen molar-refractivity contribution in [3.05, 3.63) is 21.5 Å². The average molecular weight is 324 g/mol. The molecule has 8 nitrogen and oxygen atoms in total.